The maximum atomic E-state index is 11.9. The maximum Gasteiger partial charge on any atom is 0.405 e. The van der Waals surface area contributed by atoms with E-state index in [-0.39, 0.29) is 0 Å². The molecule has 8 heteroatoms. The predicted molar refractivity (Wildman–Crippen MR) is 68.1 cm³/mol. The number of carbonyl (C=O) groups is 2. The van der Waals surface area contributed by atoms with Gasteiger partial charge in [0, 0.05) is 5.69 Å². The number of aliphatic carboxylic acids is 1. The van der Waals surface area contributed by atoms with Gasteiger partial charge in [0.15, 0.2) is 0 Å². The van der Waals surface area contributed by atoms with Crippen LogP contribution in [-0.4, -0.2) is 29.8 Å². The number of amides is 2. The molecule has 1 fully saturated rings. The first-order valence-corrected chi connectivity index (χ1v) is 6.18. The molecule has 0 atom stereocenters. The second-order valence-corrected chi connectivity index (χ2v) is 4.89. The standard InChI is InChI=1S/C13H13F3N2O3/c14-13(15,16)7-17-11(21)18-9-3-1-8(2-4-9)12(5-6-12)10(19)20/h1-4H,5-7H2,(H,19,20)(H2,17,18,21). The lowest BCUT2D eigenvalue weighted by Crippen LogP contribution is -2.36. The number of carboxylic acids is 1. The summed E-state index contributed by atoms with van der Waals surface area (Å²) in [7, 11) is 0. The quantitative estimate of drug-likeness (QED) is 0.799. The molecule has 0 aliphatic heterocycles. The van der Waals surface area contributed by atoms with Crippen LogP contribution in [0, 0.1) is 0 Å². The van der Waals surface area contributed by atoms with Crippen LogP contribution >= 0.6 is 0 Å². The predicted octanol–water partition coefficient (Wildman–Crippen LogP) is 2.49. The van der Waals surface area contributed by atoms with Gasteiger partial charge in [-0.2, -0.15) is 13.2 Å². The second-order valence-electron chi connectivity index (χ2n) is 4.89. The smallest absolute Gasteiger partial charge is 0.405 e. The number of hydrogen-bond acceptors (Lipinski definition) is 2. The van der Waals surface area contributed by atoms with Crippen LogP contribution in [-0.2, 0) is 10.2 Å². The Morgan fingerprint density at radius 2 is 1.76 bits per heavy atom. The number of rotatable bonds is 4. The third-order valence-electron chi connectivity index (χ3n) is 3.30. The lowest BCUT2D eigenvalue weighted by Gasteiger charge is -2.12. The Hall–Kier alpha value is -2.25. The number of hydrogen-bond donors (Lipinski definition) is 3. The van der Waals surface area contributed by atoms with Crippen LogP contribution < -0.4 is 10.6 Å². The Kier molecular flexibility index (Phi) is 3.80. The number of carbonyl (C=O) groups excluding carboxylic acids is 1. The first-order chi connectivity index (χ1) is 9.73. The van der Waals surface area contributed by atoms with Crippen molar-refractivity contribution in [3.05, 3.63) is 29.8 Å². The second kappa shape index (κ2) is 5.27. The highest BCUT2D eigenvalue weighted by Gasteiger charge is 2.51. The van der Waals surface area contributed by atoms with Gasteiger partial charge in [0.05, 0.1) is 5.41 Å². The van der Waals surface area contributed by atoms with Gasteiger partial charge in [-0.05, 0) is 30.5 Å². The van der Waals surface area contributed by atoms with Crippen molar-refractivity contribution in [2.75, 3.05) is 11.9 Å². The number of carboxylic acid groups (broad SMARTS) is 1. The topological polar surface area (TPSA) is 78.4 Å². The van der Waals surface area contributed by atoms with Gasteiger partial charge in [-0.3, -0.25) is 4.79 Å². The highest BCUT2D eigenvalue weighted by atomic mass is 19.4. The fourth-order valence-corrected chi connectivity index (χ4v) is 1.98. The Balaban J connectivity index is 1.94. The average Bonchev–Trinajstić information content (AvgIpc) is 3.18. The molecule has 5 nitrogen and oxygen atoms in total. The summed E-state index contributed by atoms with van der Waals surface area (Å²) < 4.78 is 35.8. The first kappa shape index (κ1) is 15.1. The molecule has 2 amide bonds. The molecule has 0 heterocycles. The number of nitrogens with one attached hydrogen (secondary N) is 2. The number of anilines is 1. The number of benzene rings is 1. The Morgan fingerprint density at radius 3 is 2.19 bits per heavy atom. The Labute approximate surface area is 118 Å². The molecule has 114 valence electrons. The molecule has 1 aromatic rings. The summed E-state index contributed by atoms with van der Waals surface area (Å²) in [5.74, 6) is -0.897. The monoisotopic (exact) mass is 302 g/mol. The summed E-state index contributed by atoms with van der Waals surface area (Å²) in [6.45, 7) is -1.42. The van der Waals surface area contributed by atoms with Crippen LogP contribution in [0.2, 0.25) is 0 Å². The van der Waals surface area contributed by atoms with Gasteiger partial charge in [0.2, 0.25) is 0 Å². The minimum Gasteiger partial charge on any atom is -0.481 e. The highest BCUT2D eigenvalue weighted by Crippen LogP contribution is 2.48. The Bertz CT molecular complexity index is 551. The minimum atomic E-state index is -4.47. The fourth-order valence-electron chi connectivity index (χ4n) is 1.98. The maximum absolute atomic E-state index is 11.9. The minimum absolute atomic E-state index is 0.291. The van der Waals surface area contributed by atoms with Crippen molar-refractivity contribution in [1.82, 2.24) is 5.32 Å². The van der Waals surface area contributed by atoms with Gasteiger partial charge in [-0.25, -0.2) is 4.79 Å². The molecule has 0 saturated heterocycles. The van der Waals surface area contributed by atoms with Gasteiger partial charge >= 0.3 is 18.2 Å². The highest BCUT2D eigenvalue weighted by molar-refractivity contribution is 5.89. The van der Waals surface area contributed by atoms with Crippen molar-refractivity contribution >= 4 is 17.7 Å². The molecule has 21 heavy (non-hydrogen) atoms. The summed E-state index contributed by atoms with van der Waals surface area (Å²) in [4.78, 5) is 22.4. The molecular weight excluding hydrogens is 289 g/mol. The molecule has 0 bridgehead atoms. The van der Waals surface area contributed by atoms with E-state index < -0.39 is 30.1 Å². The van der Waals surface area contributed by atoms with Crippen molar-refractivity contribution in [3.63, 3.8) is 0 Å². The van der Waals surface area contributed by atoms with Crippen molar-refractivity contribution in [1.29, 1.82) is 0 Å². The molecule has 1 aromatic carbocycles. The van der Waals surface area contributed by atoms with Crippen molar-refractivity contribution < 1.29 is 27.9 Å². The van der Waals surface area contributed by atoms with Gasteiger partial charge in [-0.15, -0.1) is 0 Å². The van der Waals surface area contributed by atoms with E-state index in [9.17, 15) is 22.8 Å². The molecule has 1 aliphatic rings. The van der Waals surface area contributed by atoms with E-state index in [1.54, 1.807) is 17.4 Å². The van der Waals surface area contributed by atoms with Crippen molar-refractivity contribution in [2.24, 2.45) is 0 Å². The zero-order chi connectivity index (χ0) is 15.7. The number of urea groups is 1. The van der Waals surface area contributed by atoms with E-state index in [0.717, 1.165) is 0 Å². The van der Waals surface area contributed by atoms with Crippen molar-refractivity contribution in [3.8, 4) is 0 Å². The largest absolute Gasteiger partial charge is 0.481 e. The normalized spacial score (nSPS) is 16.1. The SMILES string of the molecule is O=C(NCC(F)(F)F)Nc1ccc(C2(C(=O)O)CC2)cc1. The van der Waals surface area contributed by atoms with E-state index in [0.29, 0.717) is 24.1 Å². The number of halogens is 3. The molecule has 1 saturated carbocycles. The Morgan fingerprint density at radius 1 is 1.19 bits per heavy atom. The zero-order valence-electron chi connectivity index (χ0n) is 10.8. The van der Waals surface area contributed by atoms with Crippen LogP contribution in [0.5, 0.6) is 0 Å². The first-order valence-electron chi connectivity index (χ1n) is 6.18. The van der Waals surface area contributed by atoms with E-state index in [4.69, 9.17) is 5.11 Å². The van der Waals surface area contributed by atoms with Gasteiger partial charge in [0.25, 0.3) is 0 Å². The van der Waals surface area contributed by atoms with E-state index in [2.05, 4.69) is 5.32 Å². The molecule has 3 N–H and O–H groups in total. The molecule has 2 rings (SSSR count). The van der Waals surface area contributed by atoms with E-state index in [1.807, 2.05) is 0 Å². The molecular formula is C13H13F3N2O3. The molecule has 0 radical (unpaired) electrons. The molecule has 0 unspecified atom stereocenters. The van der Waals surface area contributed by atoms with Crippen molar-refractivity contribution in [2.45, 2.75) is 24.4 Å². The van der Waals surface area contributed by atoms with Gasteiger partial charge in [-0.1, -0.05) is 12.1 Å². The lowest BCUT2D eigenvalue weighted by atomic mass is 9.96. The van der Waals surface area contributed by atoms with Crippen LogP contribution in [0.15, 0.2) is 24.3 Å². The van der Waals surface area contributed by atoms with Gasteiger partial charge < -0.3 is 15.7 Å². The third-order valence-corrected chi connectivity index (χ3v) is 3.30. The number of alkyl halides is 3. The summed E-state index contributed by atoms with van der Waals surface area (Å²) in [5.41, 5.74) is 0.0627. The summed E-state index contributed by atoms with van der Waals surface area (Å²) in [6.07, 6.45) is -3.36. The molecule has 0 aromatic heterocycles. The van der Waals surface area contributed by atoms with Gasteiger partial charge in [0.1, 0.15) is 6.54 Å². The van der Waals surface area contributed by atoms with Crippen LogP contribution in [0.1, 0.15) is 18.4 Å². The van der Waals surface area contributed by atoms with E-state index >= 15 is 0 Å². The summed E-state index contributed by atoms with van der Waals surface area (Å²) in [6, 6.07) is 5.07. The fraction of sp³-hybridized carbons (Fsp3) is 0.385. The van der Waals surface area contributed by atoms with Crippen LogP contribution in [0.25, 0.3) is 0 Å². The summed E-state index contributed by atoms with van der Waals surface area (Å²) >= 11 is 0. The van der Waals surface area contributed by atoms with E-state index in [1.165, 1.54) is 12.1 Å². The molecule has 1 aliphatic carbocycles. The average molecular weight is 302 g/mol. The van der Waals surface area contributed by atoms with Crippen LogP contribution in [0.4, 0.5) is 23.7 Å². The third kappa shape index (κ3) is 3.65. The molecule has 0 spiro atoms. The lowest BCUT2D eigenvalue weighted by molar-refractivity contribution is -0.140. The van der Waals surface area contributed by atoms with Crippen LogP contribution in [0.3, 0.4) is 0 Å². The zero-order valence-corrected chi connectivity index (χ0v) is 10.8. The summed E-state index contributed by atoms with van der Waals surface area (Å²) in [5, 5.41) is 13.1.